The van der Waals surface area contributed by atoms with E-state index in [9.17, 15) is 14.7 Å². The van der Waals surface area contributed by atoms with Crippen molar-refractivity contribution < 1.29 is 29.0 Å². The Balaban J connectivity index is 1.75. The second kappa shape index (κ2) is 12.2. The average Bonchev–Trinajstić information content (AvgIpc) is 2.87. The van der Waals surface area contributed by atoms with Crippen molar-refractivity contribution in [3.05, 3.63) is 48.0 Å². The first kappa shape index (κ1) is 26.0. The summed E-state index contributed by atoms with van der Waals surface area (Å²) in [6.07, 6.45) is 1.65. The Kier molecular flexibility index (Phi) is 9.08. The molecule has 0 spiro atoms. The van der Waals surface area contributed by atoms with Crippen molar-refractivity contribution in [2.75, 3.05) is 41.5 Å². The van der Waals surface area contributed by atoms with Crippen LogP contribution in [0.2, 0.25) is 0 Å². The maximum absolute atomic E-state index is 13.0. The molecule has 9 nitrogen and oxygen atoms in total. The molecule has 1 heterocycles. The minimum atomic E-state index is -1.12. The molecule has 1 fully saturated rings. The molecule has 0 saturated carbocycles. The van der Waals surface area contributed by atoms with Gasteiger partial charge in [0.2, 0.25) is 0 Å². The number of rotatable bonds is 10. The summed E-state index contributed by atoms with van der Waals surface area (Å²) in [6, 6.07) is 11.9. The number of nitrogens with zero attached hydrogens (tertiary/aromatic N) is 2. The molecule has 0 radical (unpaired) electrons. The van der Waals surface area contributed by atoms with Crippen molar-refractivity contribution in [1.29, 1.82) is 0 Å². The van der Waals surface area contributed by atoms with E-state index < -0.39 is 17.9 Å². The van der Waals surface area contributed by atoms with E-state index in [-0.39, 0.29) is 18.1 Å². The summed E-state index contributed by atoms with van der Waals surface area (Å²) in [5.74, 6) is -0.354. The van der Waals surface area contributed by atoms with Crippen LogP contribution < -0.4 is 14.8 Å². The van der Waals surface area contributed by atoms with Gasteiger partial charge in [0.1, 0.15) is 30.4 Å². The number of carboxylic acid groups (broad SMARTS) is 1. The number of carboxylic acids is 1. The van der Waals surface area contributed by atoms with Crippen molar-refractivity contribution in [3.8, 4) is 22.6 Å². The summed E-state index contributed by atoms with van der Waals surface area (Å²) in [5, 5.41) is 16.4. The third kappa shape index (κ3) is 6.51. The Morgan fingerprint density at radius 2 is 1.66 bits per heavy atom. The van der Waals surface area contributed by atoms with Crippen LogP contribution in [0.1, 0.15) is 18.4 Å². The van der Waals surface area contributed by atoms with Crippen molar-refractivity contribution in [1.82, 2.24) is 10.2 Å². The fourth-order valence-corrected chi connectivity index (χ4v) is 4.29. The lowest BCUT2D eigenvalue weighted by Gasteiger charge is -2.29. The van der Waals surface area contributed by atoms with Crippen LogP contribution in [0.5, 0.6) is 11.5 Å². The Morgan fingerprint density at radius 3 is 2.17 bits per heavy atom. The number of amides is 1. The van der Waals surface area contributed by atoms with E-state index in [0.717, 1.165) is 42.6 Å². The van der Waals surface area contributed by atoms with E-state index in [1.165, 1.54) is 7.11 Å². The monoisotopic (exact) mass is 483 g/mol. The van der Waals surface area contributed by atoms with Gasteiger partial charge in [0.05, 0.1) is 19.8 Å². The minimum Gasteiger partial charge on any atom is -0.496 e. The predicted molar refractivity (Wildman–Crippen MR) is 133 cm³/mol. The molecular weight excluding hydrogens is 450 g/mol. The standard InChI is InChI=1S/C26H33N3O6/c1-29-14-12-19(13-15-29)24(28-35-4)25(30)27-20(26(31)32)16-17-8-10-18(11-9-17)23-21(33-2)6-5-7-22(23)34-3/h5-11,19-20H,12-16H2,1-4H3,(H,27,30)(H,31,32)/b28-24-/t20-/m0/s1. The Hall–Kier alpha value is -3.59. The molecule has 1 amide bonds. The van der Waals surface area contributed by atoms with E-state index in [0.29, 0.717) is 11.5 Å². The van der Waals surface area contributed by atoms with Gasteiger partial charge in [-0.25, -0.2) is 4.79 Å². The fraction of sp³-hybridized carbons (Fsp3) is 0.423. The zero-order valence-corrected chi connectivity index (χ0v) is 20.6. The van der Waals surface area contributed by atoms with Gasteiger partial charge in [-0.15, -0.1) is 0 Å². The Bertz CT molecular complexity index is 1020. The highest BCUT2D eigenvalue weighted by Crippen LogP contribution is 2.38. The summed E-state index contributed by atoms with van der Waals surface area (Å²) in [7, 11) is 6.60. The second-order valence-corrected chi connectivity index (χ2v) is 8.54. The highest BCUT2D eigenvalue weighted by Gasteiger charge is 2.30. The number of methoxy groups -OCH3 is 2. The van der Waals surface area contributed by atoms with Gasteiger partial charge in [-0.3, -0.25) is 4.79 Å². The summed E-state index contributed by atoms with van der Waals surface area (Å²) in [5.41, 5.74) is 2.69. The maximum Gasteiger partial charge on any atom is 0.326 e. The number of carbonyl (C=O) groups is 2. The molecule has 3 rings (SSSR count). The van der Waals surface area contributed by atoms with Crippen molar-refractivity contribution >= 4 is 17.6 Å². The molecule has 1 saturated heterocycles. The Labute approximate surface area is 205 Å². The number of benzene rings is 2. The van der Waals surface area contributed by atoms with E-state index in [4.69, 9.17) is 14.3 Å². The number of aliphatic carboxylic acids is 1. The van der Waals surface area contributed by atoms with Gasteiger partial charge in [-0.1, -0.05) is 35.5 Å². The fourth-order valence-electron chi connectivity index (χ4n) is 4.29. The molecule has 1 aliphatic rings. The molecule has 35 heavy (non-hydrogen) atoms. The summed E-state index contributed by atoms with van der Waals surface area (Å²) in [6.45, 7) is 1.68. The number of hydrogen-bond acceptors (Lipinski definition) is 7. The van der Waals surface area contributed by atoms with E-state index in [1.54, 1.807) is 14.2 Å². The lowest BCUT2D eigenvalue weighted by atomic mass is 9.91. The molecule has 0 bridgehead atoms. The van der Waals surface area contributed by atoms with E-state index in [1.807, 2.05) is 49.5 Å². The number of ether oxygens (including phenoxy) is 2. The van der Waals surface area contributed by atoms with Crippen LogP contribution in [-0.2, 0) is 20.8 Å². The number of carbonyl (C=O) groups excluding carboxylic acids is 1. The van der Waals surface area contributed by atoms with Crippen molar-refractivity contribution in [2.45, 2.75) is 25.3 Å². The molecule has 9 heteroatoms. The normalized spacial score (nSPS) is 15.8. The average molecular weight is 484 g/mol. The first-order valence-electron chi connectivity index (χ1n) is 11.5. The van der Waals surface area contributed by atoms with Crippen LogP contribution in [0.15, 0.2) is 47.6 Å². The zero-order valence-electron chi connectivity index (χ0n) is 20.6. The van der Waals surface area contributed by atoms with Gasteiger partial charge in [0.15, 0.2) is 0 Å². The first-order valence-corrected chi connectivity index (χ1v) is 11.5. The van der Waals surface area contributed by atoms with E-state index in [2.05, 4.69) is 15.4 Å². The van der Waals surface area contributed by atoms with Gasteiger partial charge >= 0.3 is 5.97 Å². The minimum absolute atomic E-state index is 0.0734. The Morgan fingerprint density at radius 1 is 1.06 bits per heavy atom. The van der Waals surface area contributed by atoms with Crippen LogP contribution in [0, 0.1) is 5.92 Å². The smallest absolute Gasteiger partial charge is 0.326 e. The van der Waals surface area contributed by atoms with Gasteiger partial charge in [0, 0.05) is 12.3 Å². The lowest BCUT2D eigenvalue weighted by Crippen LogP contribution is -2.48. The largest absolute Gasteiger partial charge is 0.496 e. The molecule has 1 atom stereocenters. The molecule has 0 unspecified atom stereocenters. The predicted octanol–water partition coefficient (Wildman–Crippen LogP) is 2.83. The summed E-state index contributed by atoms with van der Waals surface area (Å²) in [4.78, 5) is 32.0. The first-order chi connectivity index (χ1) is 16.9. The molecule has 0 aliphatic carbocycles. The maximum atomic E-state index is 13.0. The van der Waals surface area contributed by atoms with Gasteiger partial charge < -0.3 is 29.6 Å². The molecule has 2 N–H and O–H groups in total. The van der Waals surface area contributed by atoms with Crippen molar-refractivity contribution in [2.24, 2.45) is 11.1 Å². The van der Waals surface area contributed by atoms with Crippen molar-refractivity contribution in [3.63, 3.8) is 0 Å². The number of likely N-dealkylation sites (tertiary alicyclic amines) is 1. The van der Waals surface area contributed by atoms with Gasteiger partial charge in [0.25, 0.3) is 5.91 Å². The molecule has 1 aliphatic heterocycles. The third-order valence-electron chi connectivity index (χ3n) is 6.24. The molecule has 2 aromatic carbocycles. The molecule has 0 aromatic heterocycles. The topological polar surface area (TPSA) is 110 Å². The summed E-state index contributed by atoms with van der Waals surface area (Å²) < 4.78 is 11.0. The number of nitrogens with one attached hydrogen (secondary N) is 1. The van der Waals surface area contributed by atoms with Crippen LogP contribution in [0.25, 0.3) is 11.1 Å². The van der Waals surface area contributed by atoms with Crippen LogP contribution >= 0.6 is 0 Å². The third-order valence-corrected chi connectivity index (χ3v) is 6.24. The SMILES string of the molecule is CO/N=C(\C(=O)N[C@@H](Cc1ccc(-c2c(OC)cccc2OC)cc1)C(=O)O)C1CCN(C)CC1. The van der Waals surface area contributed by atoms with E-state index >= 15 is 0 Å². The quantitative estimate of drug-likeness (QED) is 0.395. The zero-order chi connectivity index (χ0) is 25.4. The molecule has 2 aromatic rings. The van der Waals surface area contributed by atoms with Gasteiger partial charge in [-0.2, -0.15) is 0 Å². The summed E-state index contributed by atoms with van der Waals surface area (Å²) >= 11 is 0. The lowest BCUT2D eigenvalue weighted by molar-refractivity contribution is -0.141. The highest BCUT2D eigenvalue weighted by atomic mass is 16.6. The van der Waals surface area contributed by atoms with Crippen LogP contribution in [0.3, 0.4) is 0 Å². The van der Waals surface area contributed by atoms with Gasteiger partial charge in [-0.05, 0) is 56.2 Å². The number of piperidine rings is 1. The molecular formula is C26H33N3O6. The highest BCUT2D eigenvalue weighted by molar-refractivity contribution is 6.39. The van der Waals surface area contributed by atoms with Crippen LogP contribution in [0.4, 0.5) is 0 Å². The number of oxime groups is 1. The second-order valence-electron chi connectivity index (χ2n) is 8.54. The van der Waals surface area contributed by atoms with Crippen LogP contribution in [-0.4, -0.2) is 75.1 Å². The number of hydrogen-bond donors (Lipinski definition) is 2. The molecule has 188 valence electrons.